The highest BCUT2D eigenvalue weighted by atomic mass is 16.3. The molecule has 2 aliphatic rings. The highest BCUT2D eigenvalue weighted by Crippen LogP contribution is 2.39. The second kappa shape index (κ2) is 6.97. The molecule has 2 fully saturated rings. The zero-order valence-corrected chi connectivity index (χ0v) is 15.7. The molecule has 2 saturated heterocycles. The number of amides is 2. The maximum atomic E-state index is 13.3. The topological polar surface area (TPSA) is 60.9 Å². The first-order valence-electron chi connectivity index (χ1n) is 9.71. The van der Waals surface area contributed by atoms with Crippen LogP contribution in [-0.2, 0) is 4.79 Å². The van der Waals surface area contributed by atoms with E-state index >= 15 is 0 Å². The Bertz CT molecular complexity index is 875. The first-order valence-corrected chi connectivity index (χ1v) is 9.71. The Kier molecular flexibility index (Phi) is 4.64. The van der Waals surface area contributed by atoms with Crippen LogP contribution in [0.25, 0.3) is 10.8 Å². The van der Waals surface area contributed by atoms with Crippen LogP contribution in [0.5, 0.6) is 0 Å². The molecule has 27 heavy (non-hydrogen) atoms. The van der Waals surface area contributed by atoms with Crippen molar-refractivity contribution in [2.24, 2.45) is 5.41 Å². The SMILES string of the molecule is CC(=O)N1CCC[C@]2(C1)CN(C(=O)c1cccc3ccccc13)CC[C@H]2O. The Morgan fingerprint density at radius 3 is 2.59 bits per heavy atom. The van der Waals surface area contributed by atoms with Crippen molar-refractivity contribution in [3.8, 4) is 0 Å². The molecule has 2 aromatic carbocycles. The number of aliphatic hydroxyl groups excluding tert-OH is 1. The molecular weight excluding hydrogens is 340 g/mol. The van der Waals surface area contributed by atoms with Crippen molar-refractivity contribution in [2.75, 3.05) is 26.2 Å². The van der Waals surface area contributed by atoms with Gasteiger partial charge in [-0.05, 0) is 36.1 Å². The number of aliphatic hydroxyl groups is 1. The van der Waals surface area contributed by atoms with Crippen molar-refractivity contribution in [2.45, 2.75) is 32.3 Å². The number of nitrogens with zero attached hydrogens (tertiary/aromatic N) is 2. The molecule has 5 heteroatoms. The monoisotopic (exact) mass is 366 g/mol. The van der Waals surface area contributed by atoms with Crippen LogP contribution in [0.3, 0.4) is 0 Å². The lowest BCUT2D eigenvalue weighted by Gasteiger charge is -2.51. The largest absolute Gasteiger partial charge is 0.392 e. The summed E-state index contributed by atoms with van der Waals surface area (Å²) >= 11 is 0. The molecule has 2 heterocycles. The fraction of sp³-hybridized carbons (Fsp3) is 0.455. The van der Waals surface area contributed by atoms with Crippen LogP contribution in [0.4, 0.5) is 0 Å². The molecule has 0 radical (unpaired) electrons. The summed E-state index contributed by atoms with van der Waals surface area (Å²) in [5, 5.41) is 12.8. The zero-order chi connectivity index (χ0) is 19.0. The van der Waals surface area contributed by atoms with Crippen molar-refractivity contribution in [1.29, 1.82) is 0 Å². The van der Waals surface area contributed by atoms with Gasteiger partial charge in [0.15, 0.2) is 0 Å². The molecule has 142 valence electrons. The molecule has 0 aromatic heterocycles. The van der Waals surface area contributed by atoms with E-state index in [1.165, 1.54) is 0 Å². The van der Waals surface area contributed by atoms with Crippen molar-refractivity contribution >= 4 is 22.6 Å². The van der Waals surface area contributed by atoms with Gasteiger partial charge in [-0.15, -0.1) is 0 Å². The van der Waals surface area contributed by atoms with E-state index in [0.29, 0.717) is 31.6 Å². The molecule has 0 aliphatic carbocycles. The predicted octanol–water partition coefficient (Wildman–Crippen LogP) is 2.68. The fourth-order valence-corrected chi connectivity index (χ4v) is 4.73. The van der Waals surface area contributed by atoms with Crippen LogP contribution in [0, 0.1) is 5.41 Å². The van der Waals surface area contributed by atoms with Gasteiger partial charge in [-0.2, -0.15) is 0 Å². The van der Waals surface area contributed by atoms with Gasteiger partial charge in [-0.25, -0.2) is 0 Å². The van der Waals surface area contributed by atoms with Gasteiger partial charge in [0, 0.05) is 44.1 Å². The molecule has 2 aromatic rings. The van der Waals surface area contributed by atoms with Gasteiger partial charge in [0.1, 0.15) is 0 Å². The first-order chi connectivity index (χ1) is 13.0. The molecule has 0 saturated carbocycles. The molecule has 0 bridgehead atoms. The molecule has 2 aliphatic heterocycles. The summed E-state index contributed by atoms with van der Waals surface area (Å²) in [6.45, 7) is 3.89. The molecule has 0 unspecified atom stereocenters. The number of fused-ring (bicyclic) bond motifs is 1. The summed E-state index contributed by atoms with van der Waals surface area (Å²) in [7, 11) is 0. The van der Waals surface area contributed by atoms with Crippen LogP contribution in [0.1, 0.15) is 36.5 Å². The van der Waals surface area contributed by atoms with Crippen molar-refractivity contribution in [1.82, 2.24) is 9.80 Å². The number of carbonyl (C=O) groups excluding carboxylic acids is 2. The van der Waals surface area contributed by atoms with E-state index in [2.05, 4.69) is 0 Å². The lowest BCUT2D eigenvalue weighted by atomic mass is 9.71. The minimum absolute atomic E-state index is 0.0121. The fourth-order valence-electron chi connectivity index (χ4n) is 4.73. The average molecular weight is 366 g/mol. The molecule has 4 rings (SSSR count). The van der Waals surface area contributed by atoms with Gasteiger partial charge >= 0.3 is 0 Å². The van der Waals surface area contributed by atoms with Crippen molar-refractivity contribution in [3.05, 3.63) is 48.0 Å². The molecule has 1 spiro atoms. The first kappa shape index (κ1) is 18.0. The van der Waals surface area contributed by atoms with Gasteiger partial charge < -0.3 is 14.9 Å². The predicted molar refractivity (Wildman–Crippen MR) is 104 cm³/mol. The molecule has 1 N–H and O–H groups in total. The van der Waals surface area contributed by atoms with E-state index in [0.717, 1.165) is 30.2 Å². The van der Waals surface area contributed by atoms with Gasteiger partial charge in [-0.3, -0.25) is 9.59 Å². The molecular formula is C22H26N2O3. The zero-order valence-electron chi connectivity index (χ0n) is 15.7. The highest BCUT2D eigenvalue weighted by Gasteiger charge is 2.47. The van der Waals surface area contributed by atoms with Gasteiger partial charge in [0.25, 0.3) is 5.91 Å². The smallest absolute Gasteiger partial charge is 0.254 e. The van der Waals surface area contributed by atoms with Gasteiger partial charge in [0.2, 0.25) is 5.91 Å². The maximum absolute atomic E-state index is 13.3. The summed E-state index contributed by atoms with van der Waals surface area (Å²) in [6, 6.07) is 13.7. The minimum atomic E-state index is -0.476. The lowest BCUT2D eigenvalue weighted by Crippen LogP contribution is -2.60. The summed E-state index contributed by atoms with van der Waals surface area (Å²) in [6.07, 6.45) is 1.79. The van der Waals surface area contributed by atoms with Crippen LogP contribution >= 0.6 is 0 Å². The number of carbonyl (C=O) groups is 2. The number of likely N-dealkylation sites (tertiary alicyclic amines) is 2. The summed E-state index contributed by atoms with van der Waals surface area (Å²) in [5.74, 6) is 0.0526. The van der Waals surface area contributed by atoms with Crippen molar-refractivity contribution < 1.29 is 14.7 Å². The van der Waals surface area contributed by atoms with E-state index in [9.17, 15) is 14.7 Å². The van der Waals surface area contributed by atoms with Gasteiger partial charge in [0.05, 0.1) is 6.10 Å². The van der Waals surface area contributed by atoms with E-state index in [-0.39, 0.29) is 11.8 Å². The number of rotatable bonds is 1. The summed E-state index contributed by atoms with van der Waals surface area (Å²) in [4.78, 5) is 28.9. The Morgan fingerprint density at radius 1 is 1.04 bits per heavy atom. The summed E-state index contributed by atoms with van der Waals surface area (Å²) < 4.78 is 0. The standard InChI is InChI=1S/C22H26N2O3/c1-16(25)23-12-5-11-22(14-23)15-24(13-10-20(22)26)21(27)19-9-4-7-17-6-2-3-8-18(17)19/h2-4,6-9,20,26H,5,10-15H2,1H3/t20-,22+/m1/s1. The quantitative estimate of drug-likeness (QED) is 0.844. The van der Waals surface area contributed by atoms with Crippen LogP contribution in [-0.4, -0.2) is 59.0 Å². The number of hydrogen-bond acceptors (Lipinski definition) is 3. The molecule has 5 nitrogen and oxygen atoms in total. The minimum Gasteiger partial charge on any atom is -0.392 e. The summed E-state index contributed by atoms with van der Waals surface area (Å²) in [5.41, 5.74) is 0.293. The Hall–Kier alpha value is -2.40. The second-order valence-corrected chi connectivity index (χ2v) is 7.96. The van der Waals surface area contributed by atoms with Crippen LogP contribution < -0.4 is 0 Å². The van der Waals surface area contributed by atoms with Crippen LogP contribution in [0.2, 0.25) is 0 Å². The molecule has 2 atom stereocenters. The average Bonchev–Trinajstić information content (AvgIpc) is 2.69. The van der Waals surface area contributed by atoms with E-state index < -0.39 is 11.5 Å². The maximum Gasteiger partial charge on any atom is 0.254 e. The lowest BCUT2D eigenvalue weighted by molar-refractivity contribution is -0.138. The third kappa shape index (κ3) is 3.21. The Morgan fingerprint density at radius 2 is 1.78 bits per heavy atom. The van der Waals surface area contributed by atoms with E-state index in [4.69, 9.17) is 0 Å². The Balaban J connectivity index is 1.62. The normalized spacial score (nSPS) is 25.8. The van der Waals surface area contributed by atoms with E-state index in [1.54, 1.807) is 6.92 Å². The van der Waals surface area contributed by atoms with E-state index in [1.807, 2.05) is 52.3 Å². The third-order valence-electron chi connectivity index (χ3n) is 6.25. The van der Waals surface area contributed by atoms with Crippen LogP contribution in [0.15, 0.2) is 42.5 Å². The third-order valence-corrected chi connectivity index (χ3v) is 6.25. The highest BCUT2D eigenvalue weighted by molar-refractivity contribution is 6.07. The number of hydrogen-bond donors (Lipinski definition) is 1. The Labute approximate surface area is 159 Å². The second-order valence-electron chi connectivity index (χ2n) is 7.96. The van der Waals surface area contributed by atoms with Crippen molar-refractivity contribution in [3.63, 3.8) is 0 Å². The number of piperidine rings is 2. The molecule has 2 amide bonds. The number of benzene rings is 2. The van der Waals surface area contributed by atoms with Gasteiger partial charge in [-0.1, -0.05) is 36.4 Å².